The Balaban J connectivity index is 1.91. The minimum Gasteiger partial charge on any atom is -0.508 e. The number of phenols is 1. The lowest BCUT2D eigenvalue weighted by molar-refractivity contribution is -0.115. The first-order chi connectivity index (χ1) is 10.2. The second kappa shape index (κ2) is 4.60. The summed E-state index contributed by atoms with van der Waals surface area (Å²) in [6.45, 7) is 0. The molecule has 0 radical (unpaired) electrons. The molecule has 4 rings (SSSR count). The molecule has 1 aliphatic heterocycles. The van der Waals surface area contributed by atoms with Gasteiger partial charge in [-0.2, -0.15) is 0 Å². The minimum absolute atomic E-state index is 0.0657. The molecule has 102 valence electrons. The van der Waals surface area contributed by atoms with Crippen LogP contribution in [0, 0.1) is 0 Å². The van der Waals surface area contributed by atoms with Crippen LogP contribution in [0.5, 0.6) is 5.75 Å². The predicted octanol–water partition coefficient (Wildman–Crippen LogP) is 3.72. The average molecular weight is 293 g/mol. The third-order valence-corrected chi connectivity index (χ3v) is 4.58. The summed E-state index contributed by atoms with van der Waals surface area (Å²) in [5, 5.41) is 14.7. The van der Waals surface area contributed by atoms with Gasteiger partial charge in [0.05, 0.1) is 5.75 Å². The van der Waals surface area contributed by atoms with Crippen molar-refractivity contribution in [2.75, 3.05) is 5.75 Å². The summed E-state index contributed by atoms with van der Waals surface area (Å²) in [7, 11) is 0. The van der Waals surface area contributed by atoms with E-state index in [9.17, 15) is 9.90 Å². The molecule has 0 saturated heterocycles. The number of rotatable bonds is 1. The molecule has 0 bridgehead atoms. The first kappa shape index (κ1) is 12.4. The van der Waals surface area contributed by atoms with Crippen LogP contribution in [0.25, 0.3) is 21.5 Å². The number of nitrogens with zero attached hydrogens (tertiary/aromatic N) is 1. The number of amides is 1. The molecule has 3 nitrogen and oxygen atoms in total. The summed E-state index contributed by atoms with van der Waals surface area (Å²) in [4.78, 5) is 15.3. The van der Waals surface area contributed by atoms with E-state index in [4.69, 9.17) is 0 Å². The van der Waals surface area contributed by atoms with E-state index in [1.807, 2.05) is 18.2 Å². The summed E-state index contributed by atoms with van der Waals surface area (Å²) in [6, 6.07) is 15.6. The van der Waals surface area contributed by atoms with Crippen LogP contribution in [0.3, 0.4) is 0 Å². The molecule has 3 aromatic rings. The second-order valence-corrected chi connectivity index (χ2v) is 6.01. The smallest absolute Gasteiger partial charge is 0.257 e. The Bertz CT molecular complexity index is 931. The standard InChI is InChI=1S/C17H11NO2S/c19-15-4-3-11-5-13-7-12(17-18-16(20)9-21-17)2-1-10(13)6-14(11)8-15/h1-8,19H,9H2. The fraction of sp³-hybridized carbons (Fsp3) is 0.0588. The maximum absolute atomic E-state index is 11.3. The number of hydrogen-bond acceptors (Lipinski definition) is 3. The number of fused-ring (bicyclic) bond motifs is 2. The highest BCUT2D eigenvalue weighted by molar-refractivity contribution is 8.15. The van der Waals surface area contributed by atoms with Gasteiger partial charge in [0, 0.05) is 5.56 Å². The maximum atomic E-state index is 11.3. The van der Waals surface area contributed by atoms with Crippen molar-refractivity contribution in [1.82, 2.24) is 0 Å². The number of aliphatic imine (C=N–C) groups is 1. The summed E-state index contributed by atoms with van der Waals surface area (Å²) in [5.41, 5.74) is 0.983. The molecule has 0 atom stereocenters. The van der Waals surface area contributed by atoms with Crippen LogP contribution in [0.2, 0.25) is 0 Å². The first-order valence-electron chi connectivity index (χ1n) is 6.60. The van der Waals surface area contributed by atoms with Crippen molar-refractivity contribution in [3.05, 3.63) is 54.1 Å². The van der Waals surface area contributed by atoms with Gasteiger partial charge in [-0.25, -0.2) is 4.99 Å². The minimum atomic E-state index is -0.0657. The van der Waals surface area contributed by atoms with E-state index in [0.29, 0.717) is 5.75 Å². The Labute approximate surface area is 125 Å². The zero-order valence-electron chi connectivity index (χ0n) is 11.0. The number of phenolic OH excluding ortho intramolecular Hbond substituents is 1. The van der Waals surface area contributed by atoms with E-state index in [0.717, 1.165) is 32.2 Å². The van der Waals surface area contributed by atoms with Crippen LogP contribution in [0.1, 0.15) is 5.56 Å². The number of carbonyl (C=O) groups excluding carboxylic acids is 1. The van der Waals surface area contributed by atoms with E-state index >= 15 is 0 Å². The van der Waals surface area contributed by atoms with Gasteiger partial charge in [-0.3, -0.25) is 4.79 Å². The molecule has 0 unspecified atom stereocenters. The molecule has 0 spiro atoms. The molecule has 0 aliphatic carbocycles. The number of benzene rings is 3. The molecule has 4 heteroatoms. The van der Waals surface area contributed by atoms with E-state index in [1.165, 1.54) is 11.8 Å². The lowest BCUT2D eigenvalue weighted by Gasteiger charge is -2.05. The van der Waals surface area contributed by atoms with E-state index < -0.39 is 0 Å². The van der Waals surface area contributed by atoms with Gasteiger partial charge < -0.3 is 5.11 Å². The van der Waals surface area contributed by atoms with Gasteiger partial charge in [-0.1, -0.05) is 30.0 Å². The van der Waals surface area contributed by atoms with Crippen LogP contribution >= 0.6 is 11.8 Å². The zero-order valence-corrected chi connectivity index (χ0v) is 11.9. The van der Waals surface area contributed by atoms with Gasteiger partial charge in [0.25, 0.3) is 5.91 Å². The van der Waals surface area contributed by atoms with Crippen molar-refractivity contribution in [3.8, 4) is 5.75 Å². The molecule has 21 heavy (non-hydrogen) atoms. The molecule has 3 aromatic carbocycles. The topological polar surface area (TPSA) is 49.7 Å². The van der Waals surface area contributed by atoms with Crippen LogP contribution < -0.4 is 0 Å². The maximum Gasteiger partial charge on any atom is 0.257 e. The van der Waals surface area contributed by atoms with Crippen LogP contribution in [-0.4, -0.2) is 21.8 Å². The molecular weight excluding hydrogens is 282 g/mol. The van der Waals surface area contributed by atoms with Crippen molar-refractivity contribution >= 4 is 44.3 Å². The van der Waals surface area contributed by atoms with Crippen LogP contribution in [0.15, 0.2) is 53.5 Å². The van der Waals surface area contributed by atoms with Crippen molar-refractivity contribution in [2.45, 2.75) is 0 Å². The molecule has 1 heterocycles. The average Bonchev–Trinajstić information content (AvgIpc) is 2.91. The van der Waals surface area contributed by atoms with Crippen LogP contribution in [0.4, 0.5) is 0 Å². The molecule has 1 N–H and O–H groups in total. The first-order valence-corrected chi connectivity index (χ1v) is 7.59. The third-order valence-electron chi connectivity index (χ3n) is 3.58. The van der Waals surface area contributed by atoms with E-state index in [2.05, 4.69) is 23.2 Å². The van der Waals surface area contributed by atoms with Crippen molar-refractivity contribution < 1.29 is 9.90 Å². The fourth-order valence-electron chi connectivity index (χ4n) is 2.57. The highest BCUT2D eigenvalue weighted by Gasteiger charge is 2.16. The lowest BCUT2D eigenvalue weighted by Crippen LogP contribution is -1.91. The largest absolute Gasteiger partial charge is 0.508 e. The molecular formula is C17H11NO2S. The second-order valence-electron chi connectivity index (χ2n) is 5.04. The zero-order chi connectivity index (χ0) is 14.4. The Morgan fingerprint density at radius 2 is 1.62 bits per heavy atom. The predicted molar refractivity (Wildman–Crippen MR) is 87.1 cm³/mol. The Morgan fingerprint density at radius 1 is 0.905 bits per heavy atom. The van der Waals surface area contributed by atoms with E-state index in [-0.39, 0.29) is 11.7 Å². The highest BCUT2D eigenvalue weighted by Crippen LogP contribution is 2.28. The van der Waals surface area contributed by atoms with Crippen LogP contribution in [-0.2, 0) is 4.79 Å². The van der Waals surface area contributed by atoms with Gasteiger partial charge in [-0.05, 0) is 51.9 Å². The third kappa shape index (κ3) is 2.17. The quantitative estimate of drug-likeness (QED) is 0.696. The summed E-state index contributed by atoms with van der Waals surface area (Å²) < 4.78 is 0. The van der Waals surface area contributed by atoms with Crippen molar-refractivity contribution in [2.24, 2.45) is 4.99 Å². The SMILES string of the molecule is O=C1CSC(c2ccc3cc4cc(O)ccc4cc3c2)=N1. The monoisotopic (exact) mass is 293 g/mol. The highest BCUT2D eigenvalue weighted by atomic mass is 32.2. The van der Waals surface area contributed by atoms with Gasteiger partial charge in [0.1, 0.15) is 10.8 Å². The Morgan fingerprint density at radius 3 is 2.33 bits per heavy atom. The summed E-state index contributed by atoms with van der Waals surface area (Å²) in [6.07, 6.45) is 0. The number of hydrogen-bond donors (Lipinski definition) is 1. The van der Waals surface area contributed by atoms with Crippen molar-refractivity contribution in [3.63, 3.8) is 0 Å². The molecule has 0 aromatic heterocycles. The Hall–Kier alpha value is -2.33. The van der Waals surface area contributed by atoms with E-state index in [1.54, 1.807) is 12.1 Å². The molecule has 0 fully saturated rings. The Kier molecular flexibility index (Phi) is 2.72. The van der Waals surface area contributed by atoms with Gasteiger partial charge in [0.15, 0.2) is 0 Å². The lowest BCUT2D eigenvalue weighted by atomic mass is 10.0. The van der Waals surface area contributed by atoms with Gasteiger partial charge in [-0.15, -0.1) is 0 Å². The van der Waals surface area contributed by atoms with Gasteiger partial charge >= 0.3 is 0 Å². The number of thioether (sulfide) groups is 1. The van der Waals surface area contributed by atoms with Crippen molar-refractivity contribution in [1.29, 1.82) is 0 Å². The fourth-order valence-corrected chi connectivity index (χ4v) is 3.36. The number of aromatic hydroxyl groups is 1. The number of carbonyl (C=O) groups is 1. The normalized spacial score (nSPS) is 14.9. The molecule has 0 saturated carbocycles. The summed E-state index contributed by atoms with van der Waals surface area (Å²) in [5.74, 6) is 0.641. The molecule has 1 aliphatic rings. The summed E-state index contributed by atoms with van der Waals surface area (Å²) >= 11 is 1.49. The van der Waals surface area contributed by atoms with Gasteiger partial charge in [0.2, 0.25) is 0 Å². The molecule has 1 amide bonds.